The van der Waals surface area contributed by atoms with Gasteiger partial charge in [-0.1, -0.05) is 75.2 Å². The molecule has 0 aromatic heterocycles. The monoisotopic (exact) mass is 527 g/mol. The normalized spacial score (nSPS) is 11.3. The Labute approximate surface area is 223 Å². The lowest BCUT2D eigenvalue weighted by molar-refractivity contribution is -0.140. The van der Waals surface area contributed by atoms with E-state index < -0.39 is 18.7 Å². The Morgan fingerprint density at radius 3 is 1.81 bits per heavy atom. The number of ether oxygens (including phenoxy) is 1. The second-order valence-corrected chi connectivity index (χ2v) is 9.89. The standard InChI is InChI=1S/C29H37NO6S/c1-3-4-5-6-7-8-9-10-11-12-27(30-36-22(2)32)28(33)23-13-17-25(18-14-23)37-26-19-15-24(16-20-26)29(34)35-21-31/h13-20,31H,3-12,21H2,1-2H3/b30-27+. The summed E-state index contributed by atoms with van der Waals surface area (Å²) in [6.07, 6.45) is 11.0. The number of Topliss-reactive ketones (excluding diaryl/α,β-unsaturated/α-hetero) is 1. The third kappa shape index (κ3) is 11.7. The van der Waals surface area contributed by atoms with E-state index in [-0.39, 0.29) is 11.5 Å². The summed E-state index contributed by atoms with van der Waals surface area (Å²) in [7, 11) is 0. The van der Waals surface area contributed by atoms with Gasteiger partial charge < -0.3 is 14.7 Å². The van der Waals surface area contributed by atoms with Gasteiger partial charge in [0, 0.05) is 22.3 Å². The Bertz CT molecular complexity index is 1020. The highest BCUT2D eigenvalue weighted by Crippen LogP contribution is 2.28. The van der Waals surface area contributed by atoms with Crippen molar-refractivity contribution in [1.82, 2.24) is 0 Å². The smallest absolute Gasteiger partial charge is 0.340 e. The highest BCUT2D eigenvalue weighted by molar-refractivity contribution is 7.99. The van der Waals surface area contributed by atoms with Gasteiger partial charge in [-0.15, -0.1) is 0 Å². The average Bonchev–Trinajstić information content (AvgIpc) is 2.90. The van der Waals surface area contributed by atoms with Crippen LogP contribution in [-0.4, -0.2) is 35.3 Å². The van der Waals surface area contributed by atoms with E-state index in [1.807, 2.05) is 12.1 Å². The number of oxime groups is 1. The predicted octanol–water partition coefficient (Wildman–Crippen LogP) is 6.97. The average molecular weight is 528 g/mol. The summed E-state index contributed by atoms with van der Waals surface area (Å²) in [5, 5.41) is 12.6. The second-order valence-electron chi connectivity index (χ2n) is 8.74. The molecular weight excluding hydrogens is 490 g/mol. The molecule has 0 heterocycles. The molecular formula is C29H37NO6S. The summed E-state index contributed by atoms with van der Waals surface area (Å²) < 4.78 is 4.57. The van der Waals surface area contributed by atoms with Crippen LogP contribution in [0.4, 0.5) is 0 Å². The Kier molecular flexibility index (Phi) is 14.3. The van der Waals surface area contributed by atoms with E-state index in [0.717, 1.165) is 29.1 Å². The first kappa shape index (κ1) is 30.3. The number of hydrogen-bond acceptors (Lipinski definition) is 8. The fourth-order valence-electron chi connectivity index (χ4n) is 3.70. The largest absolute Gasteiger partial charge is 0.435 e. The van der Waals surface area contributed by atoms with Gasteiger partial charge >= 0.3 is 11.9 Å². The molecule has 8 heteroatoms. The van der Waals surface area contributed by atoms with Crippen molar-refractivity contribution in [1.29, 1.82) is 0 Å². The molecule has 7 nitrogen and oxygen atoms in total. The number of hydrogen-bond donors (Lipinski definition) is 1. The highest BCUT2D eigenvalue weighted by atomic mass is 32.2. The lowest BCUT2D eigenvalue weighted by Gasteiger charge is -2.07. The molecule has 0 saturated heterocycles. The summed E-state index contributed by atoms with van der Waals surface area (Å²) in [4.78, 5) is 42.6. The summed E-state index contributed by atoms with van der Waals surface area (Å²) in [6.45, 7) is 2.82. The predicted molar refractivity (Wildman–Crippen MR) is 145 cm³/mol. The molecule has 0 bridgehead atoms. The van der Waals surface area contributed by atoms with Crippen molar-refractivity contribution in [3.8, 4) is 0 Å². The van der Waals surface area contributed by atoms with Gasteiger partial charge in [-0.2, -0.15) is 0 Å². The number of unbranched alkanes of at least 4 members (excludes halogenated alkanes) is 8. The van der Waals surface area contributed by atoms with Gasteiger partial charge in [0.15, 0.2) is 6.79 Å². The Balaban J connectivity index is 1.91. The Morgan fingerprint density at radius 2 is 1.30 bits per heavy atom. The van der Waals surface area contributed by atoms with Crippen molar-refractivity contribution in [2.45, 2.75) is 87.8 Å². The van der Waals surface area contributed by atoms with Crippen LogP contribution in [0.2, 0.25) is 0 Å². The number of carbonyl (C=O) groups excluding carboxylic acids is 3. The highest BCUT2D eigenvalue weighted by Gasteiger charge is 2.16. The van der Waals surface area contributed by atoms with E-state index >= 15 is 0 Å². The minimum atomic E-state index is -0.660. The Morgan fingerprint density at radius 1 is 0.784 bits per heavy atom. The molecule has 0 amide bonds. The number of carbonyl (C=O) groups is 3. The van der Waals surface area contributed by atoms with Crippen molar-refractivity contribution < 1.29 is 29.1 Å². The maximum Gasteiger partial charge on any atom is 0.340 e. The molecule has 0 aliphatic rings. The lowest BCUT2D eigenvalue weighted by atomic mass is 10.0. The van der Waals surface area contributed by atoms with Gasteiger partial charge in [0.25, 0.3) is 0 Å². The van der Waals surface area contributed by atoms with E-state index in [2.05, 4.69) is 16.8 Å². The van der Waals surface area contributed by atoms with Gasteiger partial charge in [-0.3, -0.25) is 4.79 Å². The van der Waals surface area contributed by atoms with Gasteiger partial charge in [-0.25, -0.2) is 9.59 Å². The first-order valence-corrected chi connectivity index (χ1v) is 13.7. The molecule has 1 N–H and O–H groups in total. The molecule has 0 unspecified atom stereocenters. The van der Waals surface area contributed by atoms with Crippen LogP contribution in [0.3, 0.4) is 0 Å². The van der Waals surface area contributed by atoms with Crippen molar-refractivity contribution in [3.05, 3.63) is 59.7 Å². The van der Waals surface area contributed by atoms with Crippen LogP contribution in [0.15, 0.2) is 63.5 Å². The van der Waals surface area contributed by atoms with E-state index in [1.165, 1.54) is 57.2 Å². The van der Waals surface area contributed by atoms with E-state index in [4.69, 9.17) is 9.94 Å². The van der Waals surface area contributed by atoms with E-state index in [0.29, 0.717) is 17.5 Å². The van der Waals surface area contributed by atoms with Crippen LogP contribution in [-0.2, 0) is 14.4 Å². The summed E-state index contributed by atoms with van der Waals surface area (Å²) in [6, 6.07) is 14.0. The van der Waals surface area contributed by atoms with Gasteiger partial charge in [0.2, 0.25) is 5.78 Å². The molecule has 0 aliphatic carbocycles. The third-order valence-corrected chi connectivity index (χ3v) is 6.72. The molecule has 2 rings (SSSR count). The minimum Gasteiger partial charge on any atom is -0.435 e. The van der Waals surface area contributed by atoms with Crippen LogP contribution in [0.5, 0.6) is 0 Å². The number of aliphatic hydroxyl groups is 1. The molecule has 2 aromatic carbocycles. The molecule has 200 valence electrons. The molecule has 2 aromatic rings. The van der Waals surface area contributed by atoms with E-state index in [9.17, 15) is 14.4 Å². The zero-order chi connectivity index (χ0) is 26.9. The molecule has 0 radical (unpaired) electrons. The first-order valence-electron chi connectivity index (χ1n) is 12.9. The number of aliphatic hydroxyl groups excluding tert-OH is 1. The third-order valence-electron chi connectivity index (χ3n) is 5.70. The minimum absolute atomic E-state index is 0.246. The molecule has 0 saturated carbocycles. The summed E-state index contributed by atoms with van der Waals surface area (Å²) >= 11 is 1.48. The number of ketones is 1. The number of nitrogens with zero attached hydrogens (tertiary/aromatic N) is 1. The van der Waals surface area contributed by atoms with Crippen LogP contribution in [0.25, 0.3) is 0 Å². The molecule has 0 aliphatic heterocycles. The fraction of sp³-hybridized carbons (Fsp3) is 0.448. The topological polar surface area (TPSA) is 102 Å². The van der Waals surface area contributed by atoms with Crippen molar-refractivity contribution in [2.24, 2.45) is 5.16 Å². The zero-order valence-electron chi connectivity index (χ0n) is 21.7. The van der Waals surface area contributed by atoms with Gasteiger partial charge in [0.05, 0.1) is 5.56 Å². The van der Waals surface area contributed by atoms with Crippen LogP contribution in [0, 0.1) is 0 Å². The summed E-state index contributed by atoms with van der Waals surface area (Å²) in [5.41, 5.74) is 1.09. The van der Waals surface area contributed by atoms with Crippen LogP contribution >= 0.6 is 11.8 Å². The lowest BCUT2D eigenvalue weighted by Crippen LogP contribution is -2.16. The maximum atomic E-state index is 13.1. The van der Waals surface area contributed by atoms with Crippen molar-refractivity contribution in [3.63, 3.8) is 0 Å². The van der Waals surface area contributed by atoms with Crippen LogP contribution < -0.4 is 0 Å². The van der Waals surface area contributed by atoms with Gasteiger partial charge in [0.1, 0.15) is 5.71 Å². The second kappa shape index (κ2) is 17.5. The molecule has 0 spiro atoms. The molecule has 37 heavy (non-hydrogen) atoms. The zero-order valence-corrected chi connectivity index (χ0v) is 22.6. The molecule has 0 atom stereocenters. The van der Waals surface area contributed by atoms with Crippen molar-refractivity contribution in [2.75, 3.05) is 6.79 Å². The van der Waals surface area contributed by atoms with E-state index in [1.54, 1.807) is 36.4 Å². The quantitative estimate of drug-likeness (QED) is 0.0451. The van der Waals surface area contributed by atoms with Crippen molar-refractivity contribution >= 4 is 35.2 Å². The first-order chi connectivity index (χ1) is 17.9. The molecule has 0 fully saturated rings. The number of benzene rings is 2. The number of esters is 1. The Hall–Kier alpha value is -2.97. The maximum absolute atomic E-state index is 13.1. The van der Waals surface area contributed by atoms with Crippen LogP contribution in [0.1, 0.15) is 98.8 Å². The van der Waals surface area contributed by atoms with Gasteiger partial charge in [-0.05, 0) is 61.4 Å². The summed E-state index contributed by atoms with van der Waals surface area (Å²) in [5.74, 6) is -1.39. The SMILES string of the molecule is CCCCCCCCCCC/C(=N\OC(C)=O)C(=O)c1ccc(Sc2ccc(C(=O)OCO)cc2)cc1. The fourth-order valence-corrected chi connectivity index (χ4v) is 4.52. The number of rotatable bonds is 17.